The first-order valence-electron chi connectivity index (χ1n) is 9.09. The van der Waals surface area contributed by atoms with Crippen LogP contribution in [0, 0.1) is 5.92 Å². The largest absolute Gasteiger partial charge is 0.372 e. The average Bonchev–Trinajstić information content (AvgIpc) is 3.04. The molecule has 134 valence electrons. The molecule has 1 saturated carbocycles. The second kappa shape index (κ2) is 8.92. The standard InChI is InChI=1S/C19H30N4.HI/c1-4-20-19(22-18-12-14(18)2)21-15(3)16-8-7-9-17(13-16)23-10-5-6-11-23;/h7-9,13-15,18H,4-6,10-12H2,1-3H3,(H2,20,21,22);1H. The van der Waals surface area contributed by atoms with Crippen LogP contribution in [0.5, 0.6) is 0 Å². The number of hydrogen-bond acceptors (Lipinski definition) is 2. The molecule has 1 aliphatic carbocycles. The average molecular weight is 442 g/mol. The van der Waals surface area contributed by atoms with Gasteiger partial charge in [-0.1, -0.05) is 19.1 Å². The molecule has 1 aliphatic heterocycles. The topological polar surface area (TPSA) is 39.7 Å². The SMILES string of the molecule is CCN=C(NC(C)c1cccc(N2CCCC2)c1)NC1CC1C.I. The van der Waals surface area contributed by atoms with Crippen molar-refractivity contribution in [2.75, 3.05) is 24.5 Å². The number of rotatable bonds is 5. The highest BCUT2D eigenvalue weighted by atomic mass is 127. The second-order valence-electron chi connectivity index (χ2n) is 6.94. The molecule has 3 unspecified atom stereocenters. The van der Waals surface area contributed by atoms with Gasteiger partial charge in [-0.2, -0.15) is 0 Å². The number of aliphatic imine (C=N–C) groups is 1. The van der Waals surface area contributed by atoms with Gasteiger partial charge in [0.25, 0.3) is 0 Å². The molecule has 1 heterocycles. The third-order valence-electron chi connectivity index (χ3n) is 4.94. The summed E-state index contributed by atoms with van der Waals surface area (Å²) >= 11 is 0. The van der Waals surface area contributed by atoms with E-state index in [1.807, 2.05) is 0 Å². The number of guanidine groups is 1. The first-order chi connectivity index (χ1) is 11.2. The number of nitrogens with one attached hydrogen (secondary N) is 2. The molecular weight excluding hydrogens is 411 g/mol. The van der Waals surface area contributed by atoms with Crippen molar-refractivity contribution in [2.45, 2.75) is 52.1 Å². The molecule has 1 aromatic rings. The minimum absolute atomic E-state index is 0. The number of anilines is 1. The molecule has 0 aromatic heterocycles. The van der Waals surface area contributed by atoms with Gasteiger partial charge < -0.3 is 15.5 Å². The summed E-state index contributed by atoms with van der Waals surface area (Å²) in [7, 11) is 0. The fourth-order valence-electron chi connectivity index (χ4n) is 3.24. The Kier molecular flexibility index (Phi) is 7.19. The van der Waals surface area contributed by atoms with Crippen LogP contribution in [-0.4, -0.2) is 31.6 Å². The van der Waals surface area contributed by atoms with Crippen molar-refractivity contribution in [3.8, 4) is 0 Å². The highest BCUT2D eigenvalue weighted by molar-refractivity contribution is 14.0. The highest BCUT2D eigenvalue weighted by Crippen LogP contribution is 2.29. The van der Waals surface area contributed by atoms with Crippen molar-refractivity contribution in [1.82, 2.24) is 10.6 Å². The maximum absolute atomic E-state index is 4.59. The van der Waals surface area contributed by atoms with Crippen molar-refractivity contribution < 1.29 is 0 Å². The van der Waals surface area contributed by atoms with Gasteiger partial charge in [0, 0.05) is 31.4 Å². The molecule has 2 N–H and O–H groups in total. The number of hydrogen-bond donors (Lipinski definition) is 2. The van der Waals surface area contributed by atoms with Gasteiger partial charge >= 0.3 is 0 Å². The van der Waals surface area contributed by atoms with Gasteiger partial charge in [-0.15, -0.1) is 24.0 Å². The molecule has 3 rings (SSSR count). The quantitative estimate of drug-likeness (QED) is 0.413. The zero-order valence-corrected chi connectivity index (χ0v) is 17.4. The van der Waals surface area contributed by atoms with Crippen LogP contribution >= 0.6 is 24.0 Å². The van der Waals surface area contributed by atoms with Gasteiger partial charge in [-0.3, -0.25) is 4.99 Å². The van der Waals surface area contributed by atoms with Gasteiger partial charge in [-0.05, 0) is 56.7 Å². The molecule has 1 saturated heterocycles. The second-order valence-corrected chi connectivity index (χ2v) is 6.94. The lowest BCUT2D eigenvalue weighted by Gasteiger charge is -2.22. The van der Waals surface area contributed by atoms with Gasteiger partial charge in [0.15, 0.2) is 5.96 Å². The molecule has 24 heavy (non-hydrogen) atoms. The van der Waals surface area contributed by atoms with Gasteiger partial charge in [0.1, 0.15) is 0 Å². The first-order valence-corrected chi connectivity index (χ1v) is 9.09. The molecule has 4 nitrogen and oxygen atoms in total. The fourth-order valence-corrected chi connectivity index (χ4v) is 3.24. The lowest BCUT2D eigenvalue weighted by molar-refractivity contribution is 0.673. The van der Waals surface area contributed by atoms with Crippen LogP contribution in [0.15, 0.2) is 29.3 Å². The van der Waals surface area contributed by atoms with E-state index in [9.17, 15) is 0 Å². The van der Waals surface area contributed by atoms with Crippen LogP contribution in [-0.2, 0) is 0 Å². The predicted molar refractivity (Wildman–Crippen MR) is 114 cm³/mol. The fraction of sp³-hybridized carbons (Fsp3) is 0.632. The lowest BCUT2D eigenvalue weighted by atomic mass is 10.1. The molecule has 2 aliphatic rings. The van der Waals surface area contributed by atoms with Crippen LogP contribution in [0.4, 0.5) is 5.69 Å². The van der Waals surface area contributed by atoms with Gasteiger partial charge in [0.2, 0.25) is 0 Å². The normalized spacial score (nSPS) is 24.3. The van der Waals surface area contributed by atoms with E-state index < -0.39 is 0 Å². The van der Waals surface area contributed by atoms with Gasteiger partial charge in [-0.25, -0.2) is 0 Å². The van der Waals surface area contributed by atoms with Crippen molar-refractivity contribution in [2.24, 2.45) is 10.9 Å². The third-order valence-corrected chi connectivity index (χ3v) is 4.94. The van der Waals surface area contributed by atoms with Crippen molar-refractivity contribution >= 4 is 35.6 Å². The first kappa shape index (κ1) is 19.3. The Morgan fingerprint density at radius 2 is 2.04 bits per heavy atom. The van der Waals surface area contributed by atoms with E-state index in [0.29, 0.717) is 6.04 Å². The summed E-state index contributed by atoms with van der Waals surface area (Å²) < 4.78 is 0. The Balaban J connectivity index is 0.00000208. The Hall–Kier alpha value is -0.980. The van der Waals surface area contributed by atoms with Crippen molar-refractivity contribution in [3.05, 3.63) is 29.8 Å². The van der Waals surface area contributed by atoms with Crippen molar-refractivity contribution in [1.29, 1.82) is 0 Å². The van der Waals surface area contributed by atoms with Crippen LogP contribution in [0.3, 0.4) is 0 Å². The molecule has 0 amide bonds. The molecule has 2 fully saturated rings. The summed E-state index contributed by atoms with van der Waals surface area (Å²) in [6.45, 7) is 9.76. The van der Waals surface area contributed by atoms with E-state index in [0.717, 1.165) is 18.4 Å². The third kappa shape index (κ3) is 5.01. The van der Waals surface area contributed by atoms with Gasteiger partial charge in [0.05, 0.1) is 6.04 Å². The minimum atomic E-state index is 0. The van der Waals surface area contributed by atoms with Crippen LogP contribution in [0.25, 0.3) is 0 Å². The molecule has 0 radical (unpaired) electrons. The maximum Gasteiger partial charge on any atom is 0.191 e. The summed E-state index contributed by atoms with van der Waals surface area (Å²) in [5.41, 5.74) is 2.68. The van der Waals surface area contributed by atoms with Crippen LogP contribution < -0.4 is 15.5 Å². The zero-order chi connectivity index (χ0) is 16.2. The molecule has 0 spiro atoms. The summed E-state index contributed by atoms with van der Waals surface area (Å²) in [4.78, 5) is 7.08. The van der Waals surface area contributed by atoms with E-state index in [4.69, 9.17) is 0 Å². The Morgan fingerprint density at radius 1 is 1.33 bits per heavy atom. The summed E-state index contributed by atoms with van der Waals surface area (Å²) in [6.07, 6.45) is 3.88. The Labute approximate surface area is 163 Å². The summed E-state index contributed by atoms with van der Waals surface area (Å²) in [5, 5.41) is 7.10. The zero-order valence-electron chi connectivity index (χ0n) is 15.1. The van der Waals surface area contributed by atoms with Crippen molar-refractivity contribution in [3.63, 3.8) is 0 Å². The number of halogens is 1. The summed E-state index contributed by atoms with van der Waals surface area (Å²) in [6, 6.07) is 9.79. The van der Waals surface area contributed by atoms with Crippen LogP contribution in [0.1, 0.15) is 51.6 Å². The molecule has 5 heteroatoms. The molecule has 3 atom stereocenters. The highest BCUT2D eigenvalue weighted by Gasteiger charge is 2.33. The smallest absolute Gasteiger partial charge is 0.191 e. The minimum Gasteiger partial charge on any atom is -0.372 e. The number of benzene rings is 1. The van der Waals surface area contributed by atoms with E-state index >= 15 is 0 Å². The van der Waals surface area contributed by atoms with E-state index in [-0.39, 0.29) is 30.0 Å². The van der Waals surface area contributed by atoms with E-state index in [2.05, 4.69) is 65.6 Å². The maximum atomic E-state index is 4.59. The predicted octanol–water partition coefficient (Wildman–Crippen LogP) is 3.93. The lowest BCUT2D eigenvalue weighted by Crippen LogP contribution is -2.40. The molecule has 1 aromatic carbocycles. The molecular formula is C19H31IN4. The van der Waals surface area contributed by atoms with E-state index in [1.54, 1.807) is 0 Å². The number of nitrogens with zero attached hydrogens (tertiary/aromatic N) is 2. The monoisotopic (exact) mass is 442 g/mol. The van der Waals surface area contributed by atoms with Crippen LogP contribution in [0.2, 0.25) is 0 Å². The Bertz CT molecular complexity index is 554. The Morgan fingerprint density at radius 3 is 2.67 bits per heavy atom. The summed E-state index contributed by atoms with van der Waals surface area (Å²) in [5.74, 6) is 1.72. The van der Waals surface area contributed by atoms with E-state index in [1.165, 1.54) is 43.6 Å². The molecule has 0 bridgehead atoms.